The smallest absolute Gasteiger partial charge is 0.213 e. The third kappa shape index (κ3) is 3.41. The van der Waals surface area contributed by atoms with Crippen LogP contribution >= 0.6 is 0 Å². The van der Waals surface area contributed by atoms with Gasteiger partial charge in [0.05, 0.1) is 6.61 Å². The van der Waals surface area contributed by atoms with Crippen LogP contribution in [0, 0.1) is 0 Å². The van der Waals surface area contributed by atoms with Crippen molar-refractivity contribution in [1.29, 1.82) is 0 Å². The highest BCUT2D eigenvalue weighted by Gasteiger charge is 1.97. The number of rotatable bonds is 5. The summed E-state index contributed by atoms with van der Waals surface area (Å²) in [5, 5.41) is 0. The molecule has 0 atom stereocenters. The molecule has 0 spiro atoms. The lowest BCUT2D eigenvalue weighted by Crippen LogP contribution is -2.02. The Labute approximate surface area is 100 Å². The molecule has 0 fully saturated rings. The molecule has 0 aliphatic rings. The number of aromatic nitrogens is 1. The number of hydrogen-bond acceptors (Lipinski definition) is 3. The molecule has 0 N–H and O–H groups in total. The van der Waals surface area contributed by atoms with E-state index in [1.54, 1.807) is 12.1 Å². The Morgan fingerprint density at radius 3 is 2.59 bits per heavy atom. The van der Waals surface area contributed by atoms with Gasteiger partial charge in [0, 0.05) is 24.2 Å². The Balaban J connectivity index is 1.84. The molecule has 3 nitrogen and oxygen atoms in total. The summed E-state index contributed by atoms with van der Waals surface area (Å²) < 4.78 is 5.48. The Kier molecular flexibility index (Phi) is 3.86. The van der Waals surface area contributed by atoms with Crippen LogP contribution in [0.5, 0.6) is 5.88 Å². The van der Waals surface area contributed by atoms with E-state index in [1.807, 2.05) is 18.2 Å². The van der Waals surface area contributed by atoms with Gasteiger partial charge in [-0.3, -0.25) is 4.79 Å². The third-order valence-electron chi connectivity index (χ3n) is 2.38. The second kappa shape index (κ2) is 5.80. The summed E-state index contributed by atoms with van der Waals surface area (Å²) in [4.78, 5) is 14.5. The molecule has 1 heterocycles. The molecule has 0 aliphatic carbocycles. The van der Waals surface area contributed by atoms with Crippen LogP contribution in [-0.4, -0.2) is 17.9 Å². The normalized spacial score (nSPS) is 9.88. The van der Waals surface area contributed by atoms with E-state index in [0.29, 0.717) is 18.1 Å². The number of nitrogens with zero attached hydrogens (tertiary/aromatic N) is 1. The maximum atomic E-state index is 10.4. The molecule has 0 radical (unpaired) electrons. The molecule has 17 heavy (non-hydrogen) atoms. The van der Waals surface area contributed by atoms with Gasteiger partial charge in [0.15, 0.2) is 6.29 Å². The Morgan fingerprint density at radius 1 is 1.12 bits per heavy atom. The second-order valence-corrected chi connectivity index (χ2v) is 3.63. The first-order chi connectivity index (χ1) is 8.38. The number of carbonyl (C=O) groups excluding carboxylic acids is 1. The van der Waals surface area contributed by atoms with Crippen LogP contribution in [0.3, 0.4) is 0 Å². The molecular formula is C14H13NO2. The summed E-state index contributed by atoms with van der Waals surface area (Å²) in [6.07, 6.45) is 3.11. The van der Waals surface area contributed by atoms with Crippen molar-refractivity contribution in [2.24, 2.45) is 0 Å². The minimum absolute atomic E-state index is 0.548. The molecule has 1 aromatic heterocycles. The highest BCUT2D eigenvalue weighted by molar-refractivity contribution is 5.73. The maximum absolute atomic E-state index is 10.4. The zero-order chi connectivity index (χ0) is 11.9. The first-order valence-electron chi connectivity index (χ1n) is 5.46. The van der Waals surface area contributed by atoms with Crippen LogP contribution in [0.25, 0.3) is 0 Å². The zero-order valence-electron chi connectivity index (χ0n) is 9.37. The standard InChI is InChI=1S/C14H13NO2/c16-11-13-6-7-14(15-10-13)17-9-8-12-4-2-1-3-5-12/h1-7,10-11H,8-9H2. The van der Waals surface area contributed by atoms with Crippen LogP contribution in [0.2, 0.25) is 0 Å². The van der Waals surface area contributed by atoms with Crippen molar-refractivity contribution in [3.63, 3.8) is 0 Å². The fraction of sp³-hybridized carbons (Fsp3) is 0.143. The summed E-state index contributed by atoms with van der Waals surface area (Å²) in [5.74, 6) is 0.548. The minimum atomic E-state index is 0.548. The number of pyridine rings is 1. The van der Waals surface area contributed by atoms with E-state index >= 15 is 0 Å². The number of ether oxygens (including phenoxy) is 1. The number of carbonyl (C=O) groups is 1. The van der Waals surface area contributed by atoms with Gasteiger partial charge in [-0.05, 0) is 11.6 Å². The molecule has 1 aromatic carbocycles. The lowest BCUT2D eigenvalue weighted by atomic mass is 10.2. The van der Waals surface area contributed by atoms with E-state index in [1.165, 1.54) is 11.8 Å². The molecule has 2 aromatic rings. The summed E-state index contributed by atoms with van der Waals surface area (Å²) >= 11 is 0. The van der Waals surface area contributed by atoms with Crippen molar-refractivity contribution in [1.82, 2.24) is 4.98 Å². The van der Waals surface area contributed by atoms with Gasteiger partial charge in [-0.25, -0.2) is 4.98 Å². The van der Waals surface area contributed by atoms with Crippen molar-refractivity contribution in [2.45, 2.75) is 6.42 Å². The fourth-order valence-electron chi connectivity index (χ4n) is 1.46. The largest absolute Gasteiger partial charge is 0.477 e. The fourth-order valence-corrected chi connectivity index (χ4v) is 1.46. The molecule has 0 aliphatic heterocycles. The van der Waals surface area contributed by atoms with Gasteiger partial charge in [-0.2, -0.15) is 0 Å². The average molecular weight is 227 g/mol. The Hall–Kier alpha value is -2.16. The van der Waals surface area contributed by atoms with Crippen molar-refractivity contribution in [3.05, 3.63) is 59.8 Å². The van der Waals surface area contributed by atoms with Gasteiger partial charge < -0.3 is 4.74 Å². The molecule has 3 heteroatoms. The van der Waals surface area contributed by atoms with Crippen LogP contribution in [0.1, 0.15) is 15.9 Å². The van der Waals surface area contributed by atoms with E-state index < -0.39 is 0 Å². The van der Waals surface area contributed by atoms with E-state index in [9.17, 15) is 4.79 Å². The molecule has 2 rings (SSSR count). The monoisotopic (exact) mass is 227 g/mol. The Bertz CT molecular complexity index is 465. The van der Waals surface area contributed by atoms with E-state index in [0.717, 1.165) is 12.7 Å². The Morgan fingerprint density at radius 2 is 1.94 bits per heavy atom. The van der Waals surface area contributed by atoms with Crippen LogP contribution in [0.15, 0.2) is 48.7 Å². The van der Waals surface area contributed by atoms with Crippen LogP contribution in [-0.2, 0) is 6.42 Å². The van der Waals surface area contributed by atoms with Gasteiger partial charge in [-0.15, -0.1) is 0 Å². The third-order valence-corrected chi connectivity index (χ3v) is 2.38. The summed E-state index contributed by atoms with van der Waals surface area (Å²) in [5.41, 5.74) is 1.79. The number of benzene rings is 1. The van der Waals surface area contributed by atoms with E-state index in [-0.39, 0.29) is 0 Å². The van der Waals surface area contributed by atoms with Crippen molar-refractivity contribution < 1.29 is 9.53 Å². The van der Waals surface area contributed by atoms with Gasteiger partial charge >= 0.3 is 0 Å². The van der Waals surface area contributed by atoms with E-state index in [4.69, 9.17) is 4.74 Å². The highest BCUT2D eigenvalue weighted by atomic mass is 16.5. The van der Waals surface area contributed by atoms with Gasteiger partial charge in [0.2, 0.25) is 5.88 Å². The summed E-state index contributed by atoms with van der Waals surface area (Å²) in [7, 11) is 0. The first-order valence-corrected chi connectivity index (χ1v) is 5.46. The SMILES string of the molecule is O=Cc1ccc(OCCc2ccccc2)nc1. The number of hydrogen-bond donors (Lipinski definition) is 0. The molecule has 0 bridgehead atoms. The van der Waals surface area contributed by atoms with Crippen LogP contribution in [0.4, 0.5) is 0 Å². The number of aldehydes is 1. The van der Waals surface area contributed by atoms with Gasteiger partial charge in [-0.1, -0.05) is 30.3 Å². The zero-order valence-corrected chi connectivity index (χ0v) is 9.37. The lowest BCUT2D eigenvalue weighted by Gasteiger charge is -2.04. The predicted molar refractivity (Wildman–Crippen MR) is 65.3 cm³/mol. The average Bonchev–Trinajstić information content (AvgIpc) is 2.41. The van der Waals surface area contributed by atoms with Crippen LogP contribution < -0.4 is 4.74 Å². The van der Waals surface area contributed by atoms with Gasteiger partial charge in [0.25, 0.3) is 0 Å². The van der Waals surface area contributed by atoms with Gasteiger partial charge in [0.1, 0.15) is 0 Å². The van der Waals surface area contributed by atoms with E-state index in [2.05, 4.69) is 17.1 Å². The van der Waals surface area contributed by atoms with Crippen molar-refractivity contribution in [2.75, 3.05) is 6.61 Å². The highest BCUT2D eigenvalue weighted by Crippen LogP contribution is 2.07. The van der Waals surface area contributed by atoms with Crippen molar-refractivity contribution in [3.8, 4) is 5.88 Å². The first kappa shape index (κ1) is 11.3. The molecule has 0 unspecified atom stereocenters. The molecule has 0 saturated carbocycles. The lowest BCUT2D eigenvalue weighted by molar-refractivity contribution is 0.112. The second-order valence-electron chi connectivity index (χ2n) is 3.63. The molecule has 86 valence electrons. The summed E-state index contributed by atoms with van der Waals surface area (Å²) in [6.45, 7) is 0.581. The minimum Gasteiger partial charge on any atom is -0.477 e. The maximum Gasteiger partial charge on any atom is 0.213 e. The molecule has 0 amide bonds. The van der Waals surface area contributed by atoms with Crippen molar-refractivity contribution >= 4 is 6.29 Å². The quantitative estimate of drug-likeness (QED) is 0.737. The molecule has 0 saturated heterocycles. The summed E-state index contributed by atoms with van der Waals surface area (Å²) in [6, 6.07) is 13.5. The predicted octanol–water partition coefficient (Wildman–Crippen LogP) is 2.52. The molecular weight excluding hydrogens is 214 g/mol. The topological polar surface area (TPSA) is 39.2 Å².